The van der Waals surface area contributed by atoms with Gasteiger partial charge in [-0.2, -0.15) is 0 Å². The highest BCUT2D eigenvalue weighted by Crippen LogP contribution is 2.11. The van der Waals surface area contributed by atoms with Crippen LogP contribution in [0.3, 0.4) is 0 Å². The van der Waals surface area contributed by atoms with Crippen molar-refractivity contribution in [3.05, 3.63) is 17.8 Å². The lowest BCUT2D eigenvalue weighted by Gasteiger charge is -2.06. The molecule has 0 radical (unpaired) electrons. The van der Waals surface area contributed by atoms with E-state index in [9.17, 15) is 4.79 Å². The molecular formula is C8H12N2O2. The SMILES string of the molecule is CC(=O)NC(C)c1ncc(C)o1. The number of nitrogens with zero attached hydrogens (tertiary/aromatic N) is 1. The summed E-state index contributed by atoms with van der Waals surface area (Å²) in [5.41, 5.74) is 0. The molecule has 0 saturated carbocycles. The number of nitrogens with one attached hydrogen (secondary N) is 1. The van der Waals surface area contributed by atoms with E-state index in [1.54, 1.807) is 6.20 Å². The smallest absolute Gasteiger partial charge is 0.217 e. The van der Waals surface area contributed by atoms with Crippen molar-refractivity contribution >= 4 is 5.91 Å². The lowest BCUT2D eigenvalue weighted by atomic mass is 10.3. The Morgan fingerprint density at radius 2 is 2.42 bits per heavy atom. The van der Waals surface area contributed by atoms with Gasteiger partial charge in [-0.1, -0.05) is 0 Å². The van der Waals surface area contributed by atoms with Crippen LogP contribution in [0.5, 0.6) is 0 Å². The van der Waals surface area contributed by atoms with Crippen molar-refractivity contribution in [2.24, 2.45) is 0 Å². The fourth-order valence-corrected chi connectivity index (χ4v) is 0.939. The summed E-state index contributed by atoms with van der Waals surface area (Å²) in [5, 5.41) is 2.68. The first kappa shape index (κ1) is 8.77. The maximum Gasteiger partial charge on any atom is 0.217 e. The van der Waals surface area contributed by atoms with Crippen LogP contribution in [-0.2, 0) is 4.79 Å². The van der Waals surface area contributed by atoms with E-state index in [4.69, 9.17) is 4.42 Å². The Labute approximate surface area is 71.0 Å². The van der Waals surface area contributed by atoms with Gasteiger partial charge in [-0.3, -0.25) is 4.79 Å². The fraction of sp³-hybridized carbons (Fsp3) is 0.500. The number of carbonyl (C=O) groups excluding carboxylic acids is 1. The van der Waals surface area contributed by atoms with Crippen molar-refractivity contribution in [3.8, 4) is 0 Å². The Kier molecular flexibility index (Phi) is 2.47. The Morgan fingerprint density at radius 1 is 1.75 bits per heavy atom. The van der Waals surface area contributed by atoms with Crippen molar-refractivity contribution in [3.63, 3.8) is 0 Å². The maximum absolute atomic E-state index is 10.7. The third kappa shape index (κ3) is 2.08. The Bertz CT molecular complexity index is 280. The number of carbonyl (C=O) groups is 1. The number of hydrogen-bond acceptors (Lipinski definition) is 3. The average Bonchev–Trinajstić information content (AvgIpc) is 2.34. The number of amides is 1. The highest BCUT2D eigenvalue weighted by Gasteiger charge is 2.11. The molecule has 0 aliphatic carbocycles. The molecule has 0 spiro atoms. The second-order valence-corrected chi connectivity index (χ2v) is 2.73. The highest BCUT2D eigenvalue weighted by molar-refractivity contribution is 5.73. The molecule has 12 heavy (non-hydrogen) atoms. The van der Waals surface area contributed by atoms with Gasteiger partial charge >= 0.3 is 0 Å². The first-order valence-electron chi connectivity index (χ1n) is 3.79. The largest absolute Gasteiger partial charge is 0.444 e. The van der Waals surface area contributed by atoms with Gasteiger partial charge in [-0.05, 0) is 13.8 Å². The van der Waals surface area contributed by atoms with E-state index < -0.39 is 0 Å². The van der Waals surface area contributed by atoms with Crippen molar-refractivity contribution < 1.29 is 9.21 Å². The van der Waals surface area contributed by atoms with Crippen LogP contribution in [0.2, 0.25) is 0 Å². The number of rotatable bonds is 2. The van der Waals surface area contributed by atoms with Gasteiger partial charge in [0.15, 0.2) is 0 Å². The minimum Gasteiger partial charge on any atom is -0.444 e. The molecule has 0 bridgehead atoms. The van der Waals surface area contributed by atoms with Gasteiger partial charge in [0.1, 0.15) is 11.8 Å². The molecular weight excluding hydrogens is 156 g/mol. The standard InChI is InChI=1S/C8H12N2O2/c1-5-4-9-8(12-5)6(2)10-7(3)11/h4,6H,1-3H3,(H,10,11). The van der Waals surface area contributed by atoms with E-state index in [0.717, 1.165) is 5.76 Å². The Balaban J connectivity index is 2.64. The van der Waals surface area contributed by atoms with Crippen LogP contribution in [0, 0.1) is 6.92 Å². The molecule has 1 amide bonds. The van der Waals surface area contributed by atoms with Gasteiger partial charge in [0, 0.05) is 6.92 Å². The molecule has 0 aliphatic heterocycles. The summed E-state index contributed by atoms with van der Waals surface area (Å²) < 4.78 is 5.22. The molecule has 1 atom stereocenters. The number of aromatic nitrogens is 1. The number of oxazole rings is 1. The van der Waals surface area contributed by atoms with Gasteiger partial charge in [0.25, 0.3) is 0 Å². The summed E-state index contributed by atoms with van der Waals surface area (Å²) in [4.78, 5) is 14.6. The van der Waals surface area contributed by atoms with E-state index in [1.165, 1.54) is 6.92 Å². The molecule has 1 aromatic heterocycles. The van der Waals surface area contributed by atoms with E-state index in [2.05, 4.69) is 10.3 Å². The summed E-state index contributed by atoms with van der Waals surface area (Å²) in [6.07, 6.45) is 1.63. The molecule has 4 nitrogen and oxygen atoms in total. The van der Waals surface area contributed by atoms with Crippen molar-refractivity contribution in [1.29, 1.82) is 0 Å². The summed E-state index contributed by atoms with van der Waals surface area (Å²) in [6.45, 7) is 5.11. The topological polar surface area (TPSA) is 55.1 Å². The zero-order valence-corrected chi connectivity index (χ0v) is 7.42. The Morgan fingerprint density at radius 3 is 2.83 bits per heavy atom. The van der Waals surface area contributed by atoms with Crippen LogP contribution >= 0.6 is 0 Å². The van der Waals surface area contributed by atoms with E-state index in [-0.39, 0.29) is 11.9 Å². The van der Waals surface area contributed by atoms with Gasteiger partial charge in [-0.25, -0.2) is 4.98 Å². The van der Waals surface area contributed by atoms with Crippen LogP contribution in [0.25, 0.3) is 0 Å². The molecule has 1 heterocycles. The quantitative estimate of drug-likeness (QED) is 0.721. The molecule has 0 aromatic carbocycles. The minimum absolute atomic E-state index is 0.0849. The molecule has 66 valence electrons. The molecule has 0 saturated heterocycles. The van der Waals surface area contributed by atoms with Gasteiger partial charge in [0.2, 0.25) is 11.8 Å². The molecule has 4 heteroatoms. The zero-order chi connectivity index (χ0) is 9.14. The molecule has 0 fully saturated rings. The van der Waals surface area contributed by atoms with Crippen LogP contribution in [0.15, 0.2) is 10.6 Å². The number of hydrogen-bond donors (Lipinski definition) is 1. The van der Waals surface area contributed by atoms with Crippen molar-refractivity contribution in [2.75, 3.05) is 0 Å². The second-order valence-electron chi connectivity index (χ2n) is 2.73. The summed E-state index contributed by atoms with van der Waals surface area (Å²) in [5.74, 6) is 1.21. The molecule has 1 aromatic rings. The third-order valence-electron chi connectivity index (χ3n) is 1.43. The molecule has 1 N–H and O–H groups in total. The lowest BCUT2D eigenvalue weighted by molar-refractivity contribution is -0.119. The van der Waals surface area contributed by atoms with E-state index >= 15 is 0 Å². The number of aryl methyl sites for hydroxylation is 1. The first-order valence-corrected chi connectivity index (χ1v) is 3.79. The van der Waals surface area contributed by atoms with Crippen LogP contribution in [0.1, 0.15) is 31.5 Å². The van der Waals surface area contributed by atoms with Crippen LogP contribution in [-0.4, -0.2) is 10.9 Å². The van der Waals surface area contributed by atoms with Crippen molar-refractivity contribution in [1.82, 2.24) is 10.3 Å². The molecule has 0 aliphatic rings. The monoisotopic (exact) mass is 168 g/mol. The Hall–Kier alpha value is -1.32. The highest BCUT2D eigenvalue weighted by atomic mass is 16.4. The van der Waals surface area contributed by atoms with Gasteiger partial charge in [-0.15, -0.1) is 0 Å². The zero-order valence-electron chi connectivity index (χ0n) is 7.42. The first-order chi connectivity index (χ1) is 5.59. The lowest BCUT2D eigenvalue weighted by Crippen LogP contribution is -2.23. The third-order valence-corrected chi connectivity index (χ3v) is 1.43. The van der Waals surface area contributed by atoms with E-state index in [1.807, 2.05) is 13.8 Å². The summed E-state index contributed by atoms with van der Waals surface area (Å²) >= 11 is 0. The minimum atomic E-state index is -0.156. The summed E-state index contributed by atoms with van der Waals surface area (Å²) in [6, 6.07) is -0.156. The normalized spacial score (nSPS) is 12.6. The van der Waals surface area contributed by atoms with Crippen LogP contribution in [0.4, 0.5) is 0 Å². The van der Waals surface area contributed by atoms with Crippen LogP contribution < -0.4 is 5.32 Å². The molecule has 1 rings (SSSR count). The van der Waals surface area contributed by atoms with Crippen molar-refractivity contribution in [2.45, 2.75) is 26.8 Å². The molecule has 1 unspecified atom stereocenters. The van der Waals surface area contributed by atoms with Gasteiger partial charge < -0.3 is 9.73 Å². The predicted octanol–water partition coefficient (Wildman–Crippen LogP) is 1.18. The van der Waals surface area contributed by atoms with E-state index in [0.29, 0.717) is 5.89 Å². The fourth-order valence-electron chi connectivity index (χ4n) is 0.939. The maximum atomic E-state index is 10.7. The second kappa shape index (κ2) is 3.38. The summed E-state index contributed by atoms with van der Waals surface area (Å²) in [7, 11) is 0. The average molecular weight is 168 g/mol. The predicted molar refractivity (Wildman–Crippen MR) is 43.5 cm³/mol. The van der Waals surface area contributed by atoms with Gasteiger partial charge in [0.05, 0.1) is 6.20 Å².